The molecule has 0 fully saturated rings. The lowest BCUT2D eigenvalue weighted by Gasteiger charge is -2.23. The largest absolute Gasteiger partial charge is 0.372 e. The molecule has 1 atom stereocenters. The van der Waals surface area contributed by atoms with E-state index in [1.165, 1.54) is 0 Å². The van der Waals surface area contributed by atoms with Crippen molar-refractivity contribution in [3.63, 3.8) is 0 Å². The van der Waals surface area contributed by atoms with Gasteiger partial charge in [-0.3, -0.25) is 4.79 Å². The minimum absolute atomic E-state index is 0.311. The number of amides is 1. The number of fused-ring (bicyclic) bond motifs is 2. The van der Waals surface area contributed by atoms with Gasteiger partial charge in [0.1, 0.15) is 0 Å². The molecule has 0 saturated carbocycles. The molecule has 1 N–H and O–H groups in total. The van der Waals surface area contributed by atoms with Crippen molar-refractivity contribution >= 4 is 22.5 Å². The Morgan fingerprint density at radius 1 is 0.857 bits per heavy atom. The van der Waals surface area contributed by atoms with Crippen molar-refractivity contribution in [1.29, 1.82) is 0 Å². The Morgan fingerprint density at radius 3 is 2.36 bits per heavy atom. The summed E-state index contributed by atoms with van der Waals surface area (Å²) in [6.07, 6.45) is 1.87. The molecule has 1 amide bonds. The number of aliphatic hydroxyl groups is 1. The van der Waals surface area contributed by atoms with Crippen molar-refractivity contribution in [2.24, 2.45) is 7.05 Å². The highest BCUT2D eigenvalue weighted by Crippen LogP contribution is 2.47. The fourth-order valence-corrected chi connectivity index (χ4v) is 4.25. The fourth-order valence-electron chi connectivity index (χ4n) is 4.25. The Kier molecular flexibility index (Phi) is 3.64. The Morgan fingerprint density at radius 2 is 1.54 bits per heavy atom. The van der Waals surface area contributed by atoms with E-state index in [4.69, 9.17) is 0 Å². The molecular weight excluding hydrogens is 348 g/mol. The molecule has 1 aromatic heterocycles. The van der Waals surface area contributed by atoms with Gasteiger partial charge in [0.05, 0.1) is 12.2 Å². The van der Waals surface area contributed by atoms with E-state index in [1.807, 2.05) is 96.7 Å². The Hall–Kier alpha value is -3.37. The number of nitrogens with zero attached hydrogens (tertiary/aromatic N) is 2. The molecule has 1 aliphatic heterocycles. The lowest BCUT2D eigenvalue weighted by atomic mass is 9.87. The van der Waals surface area contributed by atoms with Crippen LogP contribution < -0.4 is 4.90 Å². The number of para-hydroxylation sites is 2. The first-order valence-electron chi connectivity index (χ1n) is 9.33. The highest BCUT2D eigenvalue weighted by atomic mass is 16.3. The minimum Gasteiger partial charge on any atom is -0.372 e. The Bertz CT molecular complexity index is 1200. The van der Waals surface area contributed by atoms with Crippen LogP contribution in [-0.2, 0) is 24.0 Å². The number of benzene rings is 3. The average Bonchev–Trinajstić information content (AvgIpc) is 3.18. The van der Waals surface area contributed by atoms with Gasteiger partial charge in [0, 0.05) is 35.3 Å². The first-order valence-corrected chi connectivity index (χ1v) is 9.33. The van der Waals surface area contributed by atoms with Gasteiger partial charge in [0.25, 0.3) is 5.91 Å². The van der Waals surface area contributed by atoms with E-state index < -0.39 is 5.60 Å². The number of aromatic nitrogens is 1. The zero-order valence-corrected chi connectivity index (χ0v) is 15.5. The standard InChI is InChI=1S/C24H20N2O2/c1-25-16-20(18-11-5-7-13-21(18)25)24(28)19-12-6-8-14-22(19)26(23(24)27)15-17-9-3-2-4-10-17/h2-14,16,28H,15H2,1H3. The number of rotatable bonds is 3. The average molecular weight is 368 g/mol. The van der Waals surface area contributed by atoms with E-state index in [1.54, 1.807) is 4.90 Å². The fraction of sp³-hybridized carbons (Fsp3) is 0.125. The molecule has 138 valence electrons. The monoisotopic (exact) mass is 368 g/mol. The van der Waals surface area contributed by atoms with Crippen LogP contribution in [0.2, 0.25) is 0 Å². The second-order valence-electron chi connectivity index (χ2n) is 7.28. The van der Waals surface area contributed by atoms with E-state index in [0.717, 1.165) is 22.2 Å². The normalized spacial score (nSPS) is 18.6. The van der Waals surface area contributed by atoms with Gasteiger partial charge in [-0.25, -0.2) is 0 Å². The van der Waals surface area contributed by atoms with Gasteiger partial charge in [-0.2, -0.15) is 0 Å². The molecule has 5 rings (SSSR count). The lowest BCUT2D eigenvalue weighted by Crippen LogP contribution is -2.40. The van der Waals surface area contributed by atoms with E-state index >= 15 is 0 Å². The van der Waals surface area contributed by atoms with E-state index in [0.29, 0.717) is 17.7 Å². The second-order valence-corrected chi connectivity index (χ2v) is 7.28. The first kappa shape index (κ1) is 16.8. The molecule has 0 bridgehead atoms. The Labute approximate surface area is 163 Å². The van der Waals surface area contributed by atoms with Gasteiger partial charge in [0.15, 0.2) is 5.60 Å². The van der Waals surface area contributed by atoms with E-state index in [9.17, 15) is 9.90 Å². The molecule has 4 heteroatoms. The molecule has 2 heterocycles. The lowest BCUT2D eigenvalue weighted by molar-refractivity contribution is -0.132. The number of anilines is 1. The van der Waals surface area contributed by atoms with E-state index in [-0.39, 0.29) is 5.91 Å². The summed E-state index contributed by atoms with van der Waals surface area (Å²) in [5, 5.41) is 12.7. The highest BCUT2D eigenvalue weighted by molar-refractivity contribution is 6.11. The predicted octanol–water partition coefficient (Wildman–Crippen LogP) is 3.96. The van der Waals surface area contributed by atoms with Gasteiger partial charge in [-0.05, 0) is 17.7 Å². The van der Waals surface area contributed by atoms with Crippen LogP contribution in [0, 0.1) is 0 Å². The van der Waals surface area contributed by atoms with Crippen LogP contribution >= 0.6 is 0 Å². The maximum absolute atomic E-state index is 13.6. The molecule has 3 aromatic carbocycles. The third-order valence-corrected chi connectivity index (χ3v) is 5.61. The molecule has 4 aromatic rings. The Balaban J connectivity index is 1.70. The van der Waals surface area contributed by atoms with Crippen LogP contribution in [0.5, 0.6) is 0 Å². The number of carbonyl (C=O) groups is 1. The van der Waals surface area contributed by atoms with E-state index in [2.05, 4.69) is 0 Å². The first-order chi connectivity index (χ1) is 13.6. The predicted molar refractivity (Wildman–Crippen MR) is 110 cm³/mol. The number of carbonyl (C=O) groups excluding carboxylic acids is 1. The molecule has 0 radical (unpaired) electrons. The quantitative estimate of drug-likeness (QED) is 0.595. The van der Waals surface area contributed by atoms with Gasteiger partial charge in [-0.1, -0.05) is 66.7 Å². The maximum Gasteiger partial charge on any atom is 0.268 e. The van der Waals surface area contributed by atoms with Crippen molar-refractivity contribution in [1.82, 2.24) is 4.57 Å². The van der Waals surface area contributed by atoms with Crippen LogP contribution in [0.4, 0.5) is 5.69 Å². The van der Waals surface area contributed by atoms with Gasteiger partial charge in [-0.15, -0.1) is 0 Å². The summed E-state index contributed by atoms with van der Waals surface area (Å²) in [6, 6.07) is 25.2. The molecule has 0 aliphatic carbocycles. The highest BCUT2D eigenvalue weighted by Gasteiger charge is 2.52. The van der Waals surface area contributed by atoms with Crippen LogP contribution in [-0.4, -0.2) is 15.6 Å². The summed E-state index contributed by atoms with van der Waals surface area (Å²) in [7, 11) is 1.93. The number of hydrogen-bond donors (Lipinski definition) is 1. The molecule has 0 spiro atoms. The molecule has 0 saturated heterocycles. The zero-order chi connectivity index (χ0) is 19.3. The third kappa shape index (κ3) is 2.25. The van der Waals surface area contributed by atoms with Crippen molar-refractivity contribution in [3.8, 4) is 0 Å². The zero-order valence-electron chi connectivity index (χ0n) is 15.5. The molecular formula is C24H20N2O2. The topological polar surface area (TPSA) is 45.5 Å². The van der Waals surface area contributed by atoms with Gasteiger partial charge < -0.3 is 14.6 Å². The smallest absolute Gasteiger partial charge is 0.268 e. The summed E-state index contributed by atoms with van der Waals surface area (Å²) in [6.45, 7) is 0.420. The van der Waals surface area contributed by atoms with Crippen molar-refractivity contribution in [3.05, 3.63) is 102 Å². The van der Waals surface area contributed by atoms with Crippen molar-refractivity contribution in [2.75, 3.05) is 4.90 Å². The SMILES string of the molecule is Cn1cc(C2(O)C(=O)N(Cc3ccccc3)c3ccccc32)c2ccccc21. The second kappa shape index (κ2) is 6.08. The number of hydrogen-bond acceptors (Lipinski definition) is 2. The molecule has 1 aliphatic rings. The minimum atomic E-state index is -1.70. The van der Waals surface area contributed by atoms with Gasteiger partial charge in [0.2, 0.25) is 0 Å². The summed E-state index contributed by atoms with van der Waals surface area (Å²) < 4.78 is 1.96. The van der Waals surface area contributed by atoms with Crippen LogP contribution in [0.1, 0.15) is 16.7 Å². The van der Waals surface area contributed by atoms with Crippen LogP contribution in [0.15, 0.2) is 85.1 Å². The molecule has 1 unspecified atom stereocenters. The summed E-state index contributed by atoms with van der Waals surface area (Å²) in [4.78, 5) is 15.3. The summed E-state index contributed by atoms with van der Waals surface area (Å²) >= 11 is 0. The van der Waals surface area contributed by atoms with Gasteiger partial charge >= 0.3 is 0 Å². The van der Waals surface area contributed by atoms with Crippen molar-refractivity contribution in [2.45, 2.75) is 12.1 Å². The van der Waals surface area contributed by atoms with Crippen molar-refractivity contribution < 1.29 is 9.90 Å². The molecule has 28 heavy (non-hydrogen) atoms. The number of aryl methyl sites for hydroxylation is 1. The third-order valence-electron chi connectivity index (χ3n) is 5.61. The summed E-state index contributed by atoms with van der Waals surface area (Å²) in [5.74, 6) is -0.311. The van der Waals surface area contributed by atoms with Crippen LogP contribution in [0.25, 0.3) is 10.9 Å². The van der Waals surface area contributed by atoms with Crippen LogP contribution in [0.3, 0.4) is 0 Å². The summed E-state index contributed by atoms with van der Waals surface area (Å²) in [5.41, 5.74) is 2.31. The molecule has 4 nitrogen and oxygen atoms in total. The maximum atomic E-state index is 13.6.